The van der Waals surface area contributed by atoms with Crippen LogP contribution < -0.4 is 0 Å². The number of aryl methyl sites for hydroxylation is 1. The van der Waals surface area contributed by atoms with E-state index in [1.54, 1.807) is 34.9 Å². The number of alkyl halides is 3. The van der Waals surface area contributed by atoms with E-state index >= 15 is 0 Å². The number of nitrogens with zero attached hydrogens (tertiary/aromatic N) is 1. The number of carboxylic acids is 1. The Kier molecular flexibility index (Phi) is 4.52. The van der Waals surface area contributed by atoms with Crippen molar-refractivity contribution in [2.75, 3.05) is 13.2 Å². The van der Waals surface area contributed by atoms with E-state index in [1.165, 1.54) is 0 Å². The molecule has 0 amide bonds. The second kappa shape index (κ2) is 6.17. The molecule has 0 bridgehead atoms. The number of hydrogen-bond acceptors (Lipinski definition) is 2. The Morgan fingerprint density at radius 1 is 1.29 bits per heavy atom. The molecular weight excluding hydrogens is 287 g/mol. The standard InChI is InChI=1S/C14H14F3NO3/c15-14(16,17)9-21-7-3-6-18-11-5-2-1-4-10(11)8-12(18)13(19)20/h1-2,4-5,8H,3,6-7,9H2,(H,19,20). The summed E-state index contributed by atoms with van der Waals surface area (Å²) in [6.45, 7) is -1.08. The summed E-state index contributed by atoms with van der Waals surface area (Å²) in [7, 11) is 0. The molecular formula is C14H14F3NO3. The van der Waals surface area contributed by atoms with E-state index in [-0.39, 0.29) is 18.8 Å². The van der Waals surface area contributed by atoms with E-state index in [4.69, 9.17) is 0 Å². The number of rotatable bonds is 6. The van der Waals surface area contributed by atoms with Crippen LogP contribution in [0.25, 0.3) is 10.9 Å². The number of benzene rings is 1. The van der Waals surface area contributed by atoms with Crippen LogP contribution in [0.2, 0.25) is 0 Å². The third-order valence-corrected chi connectivity index (χ3v) is 2.97. The highest BCUT2D eigenvalue weighted by Crippen LogP contribution is 2.20. The SMILES string of the molecule is O=C(O)c1cc2ccccc2n1CCCOCC(F)(F)F. The lowest BCUT2D eigenvalue weighted by Gasteiger charge is -2.10. The fourth-order valence-corrected chi connectivity index (χ4v) is 2.14. The van der Waals surface area contributed by atoms with Gasteiger partial charge in [0.15, 0.2) is 0 Å². The van der Waals surface area contributed by atoms with Crippen molar-refractivity contribution in [2.45, 2.75) is 19.1 Å². The van der Waals surface area contributed by atoms with Crippen LogP contribution in [-0.2, 0) is 11.3 Å². The lowest BCUT2D eigenvalue weighted by molar-refractivity contribution is -0.174. The minimum absolute atomic E-state index is 0.0783. The molecule has 0 aliphatic heterocycles. The highest BCUT2D eigenvalue weighted by molar-refractivity contribution is 5.94. The lowest BCUT2D eigenvalue weighted by Crippen LogP contribution is -2.18. The van der Waals surface area contributed by atoms with Gasteiger partial charge >= 0.3 is 12.1 Å². The topological polar surface area (TPSA) is 51.5 Å². The van der Waals surface area contributed by atoms with E-state index in [1.807, 2.05) is 0 Å². The number of aromatic carboxylic acids is 1. The molecule has 114 valence electrons. The van der Waals surface area contributed by atoms with Gasteiger partial charge in [0.25, 0.3) is 0 Å². The van der Waals surface area contributed by atoms with E-state index in [0.717, 1.165) is 10.9 Å². The van der Waals surface area contributed by atoms with Crippen LogP contribution in [-0.4, -0.2) is 35.0 Å². The summed E-state index contributed by atoms with van der Waals surface area (Å²) in [5.74, 6) is -1.07. The van der Waals surface area contributed by atoms with Crippen molar-refractivity contribution in [1.29, 1.82) is 0 Å². The molecule has 1 heterocycles. The smallest absolute Gasteiger partial charge is 0.411 e. The van der Waals surface area contributed by atoms with Gasteiger partial charge in [-0.3, -0.25) is 0 Å². The summed E-state index contributed by atoms with van der Waals surface area (Å²) in [5, 5.41) is 9.96. The van der Waals surface area contributed by atoms with Gasteiger partial charge in [0.1, 0.15) is 12.3 Å². The summed E-state index contributed by atoms with van der Waals surface area (Å²) in [6.07, 6.45) is -4.04. The molecule has 1 aromatic carbocycles. The van der Waals surface area contributed by atoms with E-state index < -0.39 is 18.8 Å². The van der Waals surface area contributed by atoms with Crippen LogP contribution in [0.3, 0.4) is 0 Å². The molecule has 1 aromatic heterocycles. The second-order valence-corrected chi connectivity index (χ2v) is 4.57. The molecule has 1 N–H and O–H groups in total. The fraction of sp³-hybridized carbons (Fsp3) is 0.357. The molecule has 0 fully saturated rings. The molecule has 2 aromatic rings. The van der Waals surface area contributed by atoms with Crippen molar-refractivity contribution >= 4 is 16.9 Å². The summed E-state index contributed by atoms with van der Waals surface area (Å²) < 4.78 is 41.9. The monoisotopic (exact) mass is 301 g/mol. The number of ether oxygens (including phenoxy) is 1. The van der Waals surface area contributed by atoms with Gasteiger partial charge in [-0.1, -0.05) is 18.2 Å². The zero-order valence-electron chi connectivity index (χ0n) is 11.1. The van der Waals surface area contributed by atoms with Crippen LogP contribution in [0, 0.1) is 0 Å². The zero-order chi connectivity index (χ0) is 15.5. The molecule has 7 heteroatoms. The van der Waals surface area contributed by atoms with Crippen molar-refractivity contribution in [2.24, 2.45) is 0 Å². The van der Waals surface area contributed by atoms with Crippen LogP contribution in [0.1, 0.15) is 16.9 Å². The molecule has 21 heavy (non-hydrogen) atoms. The van der Waals surface area contributed by atoms with Crippen molar-refractivity contribution in [3.05, 3.63) is 36.0 Å². The summed E-state index contributed by atoms with van der Waals surface area (Å²) in [4.78, 5) is 11.2. The fourth-order valence-electron chi connectivity index (χ4n) is 2.14. The number of hydrogen-bond donors (Lipinski definition) is 1. The Balaban J connectivity index is 2.04. The third-order valence-electron chi connectivity index (χ3n) is 2.97. The van der Waals surface area contributed by atoms with Gasteiger partial charge in [0.2, 0.25) is 0 Å². The van der Waals surface area contributed by atoms with E-state index in [0.29, 0.717) is 6.42 Å². The van der Waals surface area contributed by atoms with Crippen LogP contribution >= 0.6 is 0 Å². The molecule has 0 aliphatic rings. The van der Waals surface area contributed by atoms with Gasteiger partial charge in [-0.05, 0) is 18.6 Å². The maximum Gasteiger partial charge on any atom is 0.411 e. The molecule has 0 spiro atoms. The van der Waals surface area contributed by atoms with Gasteiger partial charge in [0, 0.05) is 24.1 Å². The third kappa shape index (κ3) is 3.98. The van der Waals surface area contributed by atoms with E-state index in [2.05, 4.69) is 4.74 Å². The summed E-state index contributed by atoms with van der Waals surface area (Å²) >= 11 is 0. The number of carbonyl (C=O) groups is 1. The quantitative estimate of drug-likeness (QED) is 0.833. The zero-order valence-corrected chi connectivity index (χ0v) is 11.1. The minimum atomic E-state index is -4.34. The number of aromatic nitrogens is 1. The average molecular weight is 301 g/mol. The van der Waals surface area contributed by atoms with Gasteiger partial charge < -0.3 is 14.4 Å². The van der Waals surface area contributed by atoms with E-state index in [9.17, 15) is 23.1 Å². The first-order chi connectivity index (χ1) is 9.88. The number of fused-ring (bicyclic) bond motifs is 1. The number of carboxylic acid groups (broad SMARTS) is 1. The predicted octanol–water partition coefficient (Wildman–Crippen LogP) is 3.31. The van der Waals surface area contributed by atoms with Gasteiger partial charge in [-0.2, -0.15) is 13.2 Å². The Labute approximate surface area is 118 Å². The van der Waals surface area contributed by atoms with Crippen molar-refractivity contribution < 1.29 is 27.8 Å². The Hall–Kier alpha value is -2.02. The maximum atomic E-state index is 11.9. The first kappa shape index (κ1) is 15.4. The van der Waals surface area contributed by atoms with Gasteiger partial charge in [0.05, 0.1) is 0 Å². The van der Waals surface area contributed by atoms with Crippen LogP contribution in [0.5, 0.6) is 0 Å². The van der Waals surface area contributed by atoms with Gasteiger partial charge in [-0.15, -0.1) is 0 Å². The molecule has 0 atom stereocenters. The first-order valence-corrected chi connectivity index (χ1v) is 6.34. The molecule has 0 aliphatic carbocycles. The van der Waals surface area contributed by atoms with Crippen molar-refractivity contribution in [1.82, 2.24) is 4.57 Å². The lowest BCUT2D eigenvalue weighted by atomic mass is 10.2. The maximum absolute atomic E-state index is 11.9. The molecule has 2 rings (SSSR count). The Morgan fingerprint density at radius 2 is 2.00 bits per heavy atom. The highest BCUT2D eigenvalue weighted by Gasteiger charge is 2.27. The second-order valence-electron chi connectivity index (χ2n) is 4.57. The largest absolute Gasteiger partial charge is 0.477 e. The summed E-state index contributed by atoms with van der Waals surface area (Å²) in [6, 6.07) is 8.69. The summed E-state index contributed by atoms with van der Waals surface area (Å²) in [5.41, 5.74) is 0.859. The molecule has 0 saturated carbocycles. The van der Waals surface area contributed by atoms with Crippen molar-refractivity contribution in [3.8, 4) is 0 Å². The minimum Gasteiger partial charge on any atom is -0.477 e. The highest BCUT2D eigenvalue weighted by atomic mass is 19.4. The van der Waals surface area contributed by atoms with Crippen LogP contribution in [0.15, 0.2) is 30.3 Å². The molecule has 4 nitrogen and oxygen atoms in total. The Morgan fingerprint density at radius 3 is 2.67 bits per heavy atom. The normalized spacial score (nSPS) is 12.0. The van der Waals surface area contributed by atoms with Crippen molar-refractivity contribution in [3.63, 3.8) is 0 Å². The Bertz CT molecular complexity index is 634. The molecule has 0 unspecified atom stereocenters. The first-order valence-electron chi connectivity index (χ1n) is 6.34. The molecule has 0 saturated heterocycles. The van der Waals surface area contributed by atoms with Gasteiger partial charge in [-0.25, -0.2) is 4.79 Å². The molecule has 0 radical (unpaired) electrons. The number of halogens is 3. The predicted molar refractivity (Wildman–Crippen MR) is 70.4 cm³/mol. The van der Waals surface area contributed by atoms with Crippen LogP contribution in [0.4, 0.5) is 13.2 Å². The average Bonchev–Trinajstić information content (AvgIpc) is 2.76. The number of para-hydroxylation sites is 1.